The molecule has 1 unspecified atom stereocenters. The Morgan fingerprint density at radius 3 is 2.76 bits per heavy atom. The number of hydrogen-bond donors (Lipinski definition) is 2. The lowest BCUT2D eigenvalue weighted by Crippen LogP contribution is -2.26. The van der Waals surface area contributed by atoms with Crippen LogP contribution in [0.1, 0.15) is 38.8 Å². The first-order chi connectivity index (χ1) is 9.88. The van der Waals surface area contributed by atoms with E-state index in [0.717, 1.165) is 4.47 Å². The summed E-state index contributed by atoms with van der Waals surface area (Å²) in [4.78, 5) is 26.9. The number of carbonyl (C=O) groups is 2. The minimum Gasteiger partial charge on any atom is -0.476 e. The molecular formula is C13H10BrClN2O3S. The normalized spacial score (nSPS) is 12.0. The van der Waals surface area contributed by atoms with Gasteiger partial charge in [-0.2, -0.15) is 0 Å². The highest BCUT2D eigenvalue weighted by molar-refractivity contribution is 9.10. The number of benzene rings is 1. The number of hydrogen-bond acceptors (Lipinski definition) is 4. The molecule has 1 amide bonds. The summed E-state index contributed by atoms with van der Waals surface area (Å²) in [5.74, 6) is -1.43. The van der Waals surface area contributed by atoms with Crippen LogP contribution in [0.25, 0.3) is 0 Å². The van der Waals surface area contributed by atoms with Gasteiger partial charge in [0.1, 0.15) is 5.01 Å². The Labute approximate surface area is 138 Å². The fourth-order valence-electron chi connectivity index (χ4n) is 1.59. The summed E-state index contributed by atoms with van der Waals surface area (Å²) in [6.45, 7) is 1.73. The maximum absolute atomic E-state index is 12.2. The highest BCUT2D eigenvalue weighted by Gasteiger charge is 2.18. The summed E-state index contributed by atoms with van der Waals surface area (Å²) < 4.78 is 0.781. The van der Waals surface area contributed by atoms with Crippen LogP contribution >= 0.6 is 38.9 Å². The van der Waals surface area contributed by atoms with Gasteiger partial charge in [0.15, 0.2) is 5.69 Å². The second-order valence-corrected chi connectivity index (χ2v) is 6.41. The van der Waals surface area contributed by atoms with Crippen molar-refractivity contribution in [1.29, 1.82) is 0 Å². The number of nitrogens with zero attached hydrogens (tertiary/aromatic N) is 1. The Morgan fingerprint density at radius 1 is 1.48 bits per heavy atom. The Bertz CT molecular complexity index is 704. The Hall–Kier alpha value is -1.44. The number of nitrogens with one attached hydrogen (secondary N) is 1. The van der Waals surface area contributed by atoms with E-state index in [9.17, 15) is 9.59 Å². The van der Waals surface area contributed by atoms with Crippen LogP contribution < -0.4 is 5.32 Å². The fourth-order valence-corrected chi connectivity index (χ4v) is 3.15. The van der Waals surface area contributed by atoms with Gasteiger partial charge in [-0.1, -0.05) is 27.5 Å². The van der Waals surface area contributed by atoms with E-state index in [-0.39, 0.29) is 11.6 Å². The number of aromatic nitrogens is 1. The molecule has 0 aliphatic heterocycles. The zero-order valence-electron chi connectivity index (χ0n) is 10.8. The van der Waals surface area contributed by atoms with E-state index in [1.807, 2.05) is 0 Å². The van der Waals surface area contributed by atoms with Crippen molar-refractivity contribution >= 4 is 50.7 Å². The molecule has 0 fully saturated rings. The van der Waals surface area contributed by atoms with Crippen molar-refractivity contribution in [2.45, 2.75) is 13.0 Å². The molecule has 1 atom stereocenters. The predicted octanol–water partition coefficient (Wildman–Crippen LogP) is 3.75. The van der Waals surface area contributed by atoms with Crippen molar-refractivity contribution in [3.63, 3.8) is 0 Å². The number of halogens is 2. The Morgan fingerprint density at radius 2 is 2.19 bits per heavy atom. The highest BCUT2D eigenvalue weighted by Crippen LogP contribution is 2.23. The zero-order chi connectivity index (χ0) is 15.6. The van der Waals surface area contributed by atoms with Crippen LogP contribution in [-0.4, -0.2) is 22.0 Å². The smallest absolute Gasteiger partial charge is 0.355 e. The van der Waals surface area contributed by atoms with E-state index in [0.29, 0.717) is 15.6 Å². The van der Waals surface area contributed by atoms with Crippen LogP contribution in [0.2, 0.25) is 5.02 Å². The number of amides is 1. The number of rotatable bonds is 4. The standard InChI is InChI=1S/C13H10BrClN2O3S/c1-6(12-17-10(5-21-12)13(19)20)16-11(18)8-3-2-7(14)4-9(8)15/h2-6H,1H3,(H,16,18)(H,19,20). The lowest BCUT2D eigenvalue weighted by molar-refractivity contribution is 0.0691. The van der Waals surface area contributed by atoms with E-state index < -0.39 is 12.0 Å². The van der Waals surface area contributed by atoms with Gasteiger partial charge in [0.2, 0.25) is 0 Å². The molecule has 2 rings (SSSR count). The summed E-state index contributed by atoms with van der Waals surface area (Å²) in [7, 11) is 0. The summed E-state index contributed by atoms with van der Waals surface area (Å²) in [6.07, 6.45) is 0. The van der Waals surface area contributed by atoms with E-state index in [1.54, 1.807) is 25.1 Å². The summed E-state index contributed by atoms with van der Waals surface area (Å²) in [6, 6.07) is 4.55. The topological polar surface area (TPSA) is 79.3 Å². The first kappa shape index (κ1) is 15.9. The zero-order valence-corrected chi connectivity index (χ0v) is 13.9. The first-order valence-corrected chi connectivity index (χ1v) is 7.88. The molecule has 110 valence electrons. The van der Waals surface area contributed by atoms with Crippen LogP contribution in [0.4, 0.5) is 0 Å². The van der Waals surface area contributed by atoms with Gasteiger partial charge in [-0.05, 0) is 25.1 Å². The number of carboxylic acid groups (broad SMARTS) is 1. The molecule has 0 saturated heterocycles. The minimum absolute atomic E-state index is 0.0298. The maximum Gasteiger partial charge on any atom is 0.355 e. The van der Waals surface area contributed by atoms with Gasteiger partial charge in [0.05, 0.1) is 16.6 Å². The molecule has 0 spiro atoms. The van der Waals surface area contributed by atoms with Crippen LogP contribution in [0.15, 0.2) is 28.1 Å². The minimum atomic E-state index is -1.09. The van der Waals surface area contributed by atoms with Gasteiger partial charge in [0, 0.05) is 9.85 Å². The average Bonchev–Trinajstić information content (AvgIpc) is 2.88. The third kappa shape index (κ3) is 3.81. The van der Waals surface area contributed by atoms with E-state index in [4.69, 9.17) is 16.7 Å². The van der Waals surface area contributed by atoms with Crippen molar-refractivity contribution in [2.24, 2.45) is 0 Å². The average molecular weight is 390 g/mol. The number of thiazole rings is 1. The lowest BCUT2D eigenvalue weighted by Gasteiger charge is -2.12. The lowest BCUT2D eigenvalue weighted by atomic mass is 10.2. The third-order valence-corrected chi connectivity index (χ3v) is 4.47. The summed E-state index contributed by atoms with van der Waals surface area (Å²) >= 11 is 10.5. The van der Waals surface area contributed by atoms with Crippen molar-refractivity contribution < 1.29 is 14.7 Å². The van der Waals surface area contributed by atoms with Crippen LogP contribution in [-0.2, 0) is 0 Å². The van der Waals surface area contributed by atoms with Gasteiger partial charge in [-0.3, -0.25) is 4.79 Å². The number of carbonyl (C=O) groups excluding carboxylic acids is 1. The first-order valence-electron chi connectivity index (χ1n) is 5.83. The molecule has 8 heteroatoms. The molecule has 0 saturated carbocycles. The summed E-state index contributed by atoms with van der Waals surface area (Å²) in [5.41, 5.74) is 0.319. The van der Waals surface area contributed by atoms with E-state index in [1.165, 1.54) is 16.7 Å². The number of aromatic carboxylic acids is 1. The quantitative estimate of drug-likeness (QED) is 0.834. The second-order valence-electron chi connectivity index (χ2n) is 4.20. The second kappa shape index (κ2) is 6.55. The van der Waals surface area contributed by atoms with E-state index in [2.05, 4.69) is 26.2 Å². The Kier molecular flexibility index (Phi) is 4.97. The molecule has 1 aromatic carbocycles. The molecule has 0 aliphatic rings. The van der Waals surface area contributed by atoms with Crippen LogP contribution in [0.5, 0.6) is 0 Å². The monoisotopic (exact) mass is 388 g/mol. The van der Waals surface area contributed by atoms with Gasteiger partial charge < -0.3 is 10.4 Å². The molecule has 2 aromatic rings. The van der Waals surface area contributed by atoms with Gasteiger partial charge >= 0.3 is 5.97 Å². The van der Waals surface area contributed by atoms with E-state index >= 15 is 0 Å². The molecular weight excluding hydrogens is 380 g/mol. The van der Waals surface area contributed by atoms with Crippen LogP contribution in [0.3, 0.4) is 0 Å². The molecule has 0 radical (unpaired) electrons. The van der Waals surface area contributed by atoms with Gasteiger partial charge in [-0.25, -0.2) is 9.78 Å². The van der Waals surface area contributed by atoms with Crippen LogP contribution in [0, 0.1) is 0 Å². The molecule has 21 heavy (non-hydrogen) atoms. The third-order valence-electron chi connectivity index (χ3n) is 2.63. The molecule has 0 bridgehead atoms. The molecule has 1 heterocycles. The van der Waals surface area contributed by atoms with Crippen molar-refractivity contribution in [2.75, 3.05) is 0 Å². The summed E-state index contributed by atoms with van der Waals surface area (Å²) in [5, 5.41) is 13.9. The fraction of sp³-hybridized carbons (Fsp3) is 0.154. The van der Waals surface area contributed by atoms with Crippen molar-refractivity contribution in [1.82, 2.24) is 10.3 Å². The maximum atomic E-state index is 12.2. The largest absolute Gasteiger partial charge is 0.476 e. The predicted molar refractivity (Wildman–Crippen MR) is 84.1 cm³/mol. The Balaban J connectivity index is 2.12. The SMILES string of the molecule is CC(NC(=O)c1ccc(Br)cc1Cl)c1nc(C(=O)O)cs1. The van der Waals surface area contributed by atoms with Gasteiger partial charge in [0.25, 0.3) is 5.91 Å². The van der Waals surface area contributed by atoms with Crippen molar-refractivity contribution in [3.8, 4) is 0 Å². The number of carboxylic acids is 1. The molecule has 5 nitrogen and oxygen atoms in total. The molecule has 1 aromatic heterocycles. The van der Waals surface area contributed by atoms with Gasteiger partial charge in [-0.15, -0.1) is 11.3 Å². The highest BCUT2D eigenvalue weighted by atomic mass is 79.9. The molecule has 0 aliphatic carbocycles. The molecule has 2 N–H and O–H groups in total. The van der Waals surface area contributed by atoms with Crippen molar-refractivity contribution in [3.05, 3.63) is 49.3 Å².